The number of nitrogens with zero attached hydrogens (tertiary/aromatic N) is 1. The second-order valence-corrected chi connectivity index (χ2v) is 2.94. The molecule has 66 valence electrons. The van der Waals surface area contributed by atoms with Crippen LogP contribution in [0, 0.1) is 11.3 Å². The lowest BCUT2D eigenvalue weighted by Gasteiger charge is -1.99. The molecule has 0 saturated heterocycles. The summed E-state index contributed by atoms with van der Waals surface area (Å²) in [5, 5.41) is 8.52. The van der Waals surface area contributed by atoms with Gasteiger partial charge in [0.1, 0.15) is 0 Å². The van der Waals surface area contributed by atoms with E-state index in [-0.39, 0.29) is 5.91 Å². The molecule has 0 unspecified atom stereocenters. The first-order chi connectivity index (χ1) is 6.27. The van der Waals surface area contributed by atoms with E-state index in [1.807, 2.05) is 6.07 Å². The van der Waals surface area contributed by atoms with E-state index in [1.54, 1.807) is 30.5 Å². The minimum atomic E-state index is -0.142. The monoisotopic (exact) mass is 192 g/mol. The van der Waals surface area contributed by atoms with Crippen molar-refractivity contribution in [2.45, 2.75) is 0 Å². The molecule has 4 heteroatoms. The van der Waals surface area contributed by atoms with Crippen molar-refractivity contribution in [1.82, 2.24) is 4.72 Å². The highest BCUT2D eigenvalue weighted by Gasteiger charge is 2.02. The van der Waals surface area contributed by atoms with Crippen LogP contribution < -0.4 is 4.72 Å². The molecule has 1 amide bonds. The molecule has 0 aliphatic heterocycles. The van der Waals surface area contributed by atoms with Gasteiger partial charge in [0.05, 0.1) is 11.6 Å². The molecule has 1 aromatic carbocycles. The van der Waals surface area contributed by atoms with E-state index in [0.717, 1.165) is 0 Å². The van der Waals surface area contributed by atoms with Gasteiger partial charge in [0.2, 0.25) is 0 Å². The normalized spacial score (nSPS) is 8.92. The Balaban J connectivity index is 2.81. The molecule has 0 bridgehead atoms. The molecular weight excluding hydrogens is 184 g/mol. The lowest BCUT2D eigenvalue weighted by Crippen LogP contribution is -2.14. The Bertz CT molecular complexity index is 340. The smallest absolute Gasteiger partial charge is 0.261 e. The molecular formula is C9H8N2OS. The molecule has 0 atom stereocenters. The van der Waals surface area contributed by atoms with E-state index in [4.69, 9.17) is 5.26 Å². The first kappa shape index (κ1) is 9.62. The van der Waals surface area contributed by atoms with Crippen LogP contribution >= 0.6 is 11.9 Å². The van der Waals surface area contributed by atoms with Crippen molar-refractivity contribution < 1.29 is 4.79 Å². The SMILES string of the molecule is CSNC(=O)c1ccc(C#N)cc1. The van der Waals surface area contributed by atoms with Crippen LogP contribution in [0.25, 0.3) is 0 Å². The third-order valence-corrected chi connectivity index (χ3v) is 1.86. The van der Waals surface area contributed by atoms with Crippen LogP contribution in [0.3, 0.4) is 0 Å². The van der Waals surface area contributed by atoms with Crippen LogP contribution in [-0.2, 0) is 0 Å². The van der Waals surface area contributed by atoms with Crippen LogP contribution in [0.5, 0.6) is 0 Å². The van der Waals surface area contributed by atoms with Gasteiger partial charge in [-0.2, -0.15) is 5.26 Å². The van der Waals surface area contributed by atoms with Crippen molar-refractivity contribution in [2.75, 3.05) is 6.26 Å². The fourth-order valence-electron chi connectivity index (χ4n) is 0.848. The fraction of sp³-hybridized carbons (Fsp3) is 0.111. The second-order valence-electron chi connectivity index (χ2n) is 2.32. The Morgan fingerprint density at radius 3 is 2.54 bits per heavy atom. The highest BCUT2D eigenvalue weighted by Crippen LogP contribution is 2.03. The van der Waals surface area contributed by atoms with Gasteiger partial charge in [0.25, 0.3) is 5.91 Å². The molecule has 0 radical (unpaired) electrons. The summed E-state index contributed by atoms with van der Waals surface area (Å²) in [4.78, 5) is 11.2. The van der Waals surface area contributed by atoms with Crippen molar-refractivity contribution in [1.29, 1.82) is 5.26 Å². The molecule has 0 saturated carbocycles. The molecule has 0 aliphatic carbocycles. The van der Waals surface area contributed by atoms with Crippen LogP contribution in [0.4, 0.5) is 0 Å². The summed E-state index contributed by atoms with van der Waals surface area (Å²) in [6, 6.07) is 8.49. The van der Waals surface area contributed by atoms with E-state index < -0.39 is 0 Å². The minimum Gasteiger partial charge on any atom is -0.296 e. The zero-order valence-electron chi connectivity index (χ0n) is 7.07. The first-order valence-corrected chi connectivity index (χ1v) is 4.84. The number of hydrogen-bond acceptors (Lipinski definition) is 3. The molecule has 1 rings (SSSR count). The maximum atomic E-state index is 11.2. The van der Waals surface area contributed by atoms with Gasteiger partial charge in [0.15, 0.2) is 0 Å². The molecule has 0 aromatic heterocycles. The Hall–Kier alpha value is -1.47. The van der Waals surface area contributed by atoms with Gasteiger partial charge in [-0.1, -0.05) is 11.9 Å². The highest BCUT2D eigenvalue weighted by molar-refractivity contribution is 7.97. The summed E-state index contributed by atoms with van der Waals surface area (Å²) < 4.78 is 2.59. The molecule has 1 N–H and O–H groups in total. The highest BCUT2D eigenvalue weighted by atomic mass is 32.2. The van der Waals surface area contributed by atoms with Gasteiger partial charge < -0.3 is 0 Å². The van der Waals surface area contributed by atoms with Gasteiger partial charge in [0, 0.05) is 11.8 Å². The third kappa shape index (κ3) is 2.49. The molecule has 0 spiro atoms. The number of nitrogens with one attached hydrogen (secondary N) is 1. The van der Waals surface area contributed by atoms with Crippen molar-refractivity contribution in [3.63, 3.8) is 0 Å². The largest absolute Gasteiger partial charge is 0.296 e. The van der Waals surface area contributed by atoms with Gasteiger partial charge in [-0.05, 0) is 24.3 Å². The van der Waals surface area contributed by atoms with E-state index >= 15 is 0 Å². The quantitative estimate of drug-likeness (QED) is 0.723. The van der Waals surface area contributed by atoms with E-state index in [9.17, 15) is 4.79 Å². The number of nitriles is 1. The zero-order valence-corrected chi connectivity index (χ0v) is 7.89. The number of carbonyl (C=O) groups is 1. The maximum Gasteiger partial charge on any atom is 0.261 e. The molecule has 0 fully saturated rings. The Labute approximate surface area is 80.9 Å². The second kappa shape index (κ2) is 4.53. The topological polar surface area (TPSA) is 52.9 Å². The average Bonchev–Trinajstić information content (AvgIpc) is 2.18. The van der Waals surface area contributed by atoms with Gasteiger partial charge in [-0.25, -0.2) is 0 Å². The minimum absolute atomic E-state index is 0.142. The molecule has 0 aliphatic rings. The first-order valence-electron chi connectivity index (χ1n) is 3.61. The molecule has 3 nitrogen and oxygen atoms in total. The van der Waals surface area contributed by atoms with E-state index in [2.05, 4.69) is 4.72 Å². The third-order valence-electron chi connectivity index (χ3n) is 1.47. The van der Waals surface area contributed by atoms with Crippen molar-refractivity contribution in [3.05, 3.63) is 35.4 Å². The van der Waals surface area contributed by atoms with Crippen LogP contribution in [0.2, 0.25) is 0 Å². The number of amides is 1. The lowest BCUT2D eigenvalue weighted by molar-refractivity contribution is 0.0984. The summed E-state index contributed by atoms with van der Waals surface area (Å²) in [6.45, 7) is 0. The van der Waals surface area contributed by atoms with Gasteiger partial charge in [-0.3, -0.25) is 9.52 Å². The van der Waals surface area contributed by atoms with Gasteiger partial charge >= 0.3 is 0 Å². The zero-order chi connectivity index (χ0) is 9.68. The van der Waals surface area contributed by atoms with Gasteiger partial charge in [-0.15, -0.1) is 0 Å². The van der Waals surface area contributed by atoms with Crippen molar-refractivity contribution >= 4 is 17.9 Å². The maximum absolute atomic E-state index is 11.2. The van der Waals surface area contributed by atoms with Crippen LogP contribution in [-0.4, -0.2) is 12.2 Å². The summed E-state index contributed by atoms with van der Waals surface area (Å²) in [5.74, 6) is -0.142. The molecule has 13 heavy (non-hydrogen) atoms. The summed E-state index contributed by atoms with van der Waals surface area (Å²) in [7, 11) is 0. The predicted octanol–water partition coefficient (Wildman–Crippen LogP) is 1.57. The number of carbonyl (C=O) groups excluding carboxylic acids is 1. The van der Waals surface area contributed by atoms with Crippen molar-refractivity contribution in [2.24, 2.45) is 0 Å². The molecule has 0 heterocycles. The van der Waals surface area contributed by atoms with E-state index in [1.165, 1.54) is 11.9 Å². The standard InChI is InChI=1S/C9H8N2OS/c1-13-11-9(12)8-4-2-7(6-10)3-5-8/h2-5H,1H3,(H,11,12). The Morgan fingerprint density at radius 1 is 1.46 bits per heavy atom. The Morgan fingerprint density at radius 2 is 2.08 bits per heavy atom. The summed E-state index contributed by atoms with van der Waals surface area (Å²) in [5.41, 5.74) is 1.12. The average molecular weight is 192 g/mol. The fourth-order valence-corrected chi connectivity index (χ4v) is 1.15. The summed E-state index contributed by atoms with van der Waals surface area (Å²) >= 11 is 1.25. The summed E-state index contributed by atoms with van der Waals surface area (Å²) in [6.07, 6.45) is 1.78. The predicted molar refractivity (Wildman–Crippen MR) is 52.1 cm³/mol. The van der Waals surface area contributed by atoms with E-state index in [0.29, 0.717) is 11.1 Å². The Kier molecular flexibility index (Phi) is 3.35. The van der Waals surface area contributed by atoms with Crippen molar-refractivity contribution in [3.8, 4) is 6.07 Å². The van der Waals surface area contributed by atoms with Crippen LogP contribution in [0.15, 0.2) is 24.3 Å². The number of benzene rings is 1. The number of rotatable bonds is 2. The lowest BCUT2D eigenvalue weighted by atomic mass is 10.1. The van der Waals surface area contributed by atoms with Crippen LogP contribution in [0.1, 0.15) is 15.9 Å². The molecule has 1 aromatic rings. The number of hydrogen-bond donors (Lipinski definition) is 1.